The van der Waals surface area contributed by atoms with E-state index in [0.29, 0.717) is 12.0 Å². The fraction of sp³-hybridized carbons (Fsp3) is 0.478. The molecular weight excluding hydrogens is 398 g/mol. The number of amides is 2. The van der Waals surface area contributed by atoms with Crippen molar-refractivity contribution in [1.29, 1.82) is 5.26 Å². The van der Waals surface area contributed by atoms with Gasteiger partial charge in [-0.2, -0.15) is 5.26 Å². The zero-order valence-corrected chi connectivity index (χ0v) is 17.5. The molecule has 1 aromatic rings. The van der Waals surface area contributed by atoms with Gasteiger partial charge in [-0.25, -0.2) is 0 Å². The molecule has 0 aliphatic carbocycles. The molecule has 2 aliphatic heterocycles. The standard InChI is InChI=1S/C23H27N3O5/c1-2-3-4-5-6-9-12-26-20(28)17-18(21(26)29)23(14-27,22(30)31)25-19(17)16-11-8-7-10-15(16)13-24/h5-8,10-11,17-19,25,27H,2-4,9,12,14H2,1H3,(H,30,31). The van der Waals surface area contributed by atoms with Gasteiger partial charge in [-0.3, -0.25) is 24.6 Å². The summed E-state index contributed by atoms with van der Waals surface area (Å²) in [6.07, 6.45) is 7.47. The molecule has 2 saturated heterocycles. The van der Waals surface area contributed by atoms with Crippen molar-refractivity contribution in [2.24, 2.45) is 11.8 Å². The minimum absolute atomic E-state index is 0.154. The third-order valence-corrected chi connectivity index (χ3v) is 6.20. The van der Waals surface area contributed by atoms with Gasteiger partial charge in [0.1, 0.15) is 0 Å². The van der Waals surface area contributed by atoms with E-state index in [1.165, 1.54) is 0 Å². The van der Waals surface area contributed by atoms with Crippen molar-refractivity contribution in [1.82, 2.24) is 10.2 Å². The average Bonchev–Trinajstić information content (AvgIpc) is 3.25. The number of likely N-dealkylation sites (tertiary alicyclic amines) is 1. The second kappa shape index (κ2) is 9.41. The summed E-state index contributed by atoms with van der Waals surface area (Å²) in [5, 5.41) is 32.2. The van der Waals surface area contributed by atoms with E-state index in [0.717, 1.165) is 24.2 Å². The smallest absolute Gasteiger partial charge is 0.327 e. The van der Waals surface area contributed by atoms with Gasteiger partial charge in [-0.1, -0.05) is 50.1 Å². The van der Waals surface area contributed by atoms with Gasteiger partial charge >= 0.3 is 5.97 Å². The molecule has 3 rings (SSSR count). The van der Waals surface area contributed by atoms with Crippen molar-refractivity contribution in [3.63, 3.8) is 0 Å². The van der Waals surface area contributed by atoms with Crippen LogP contribution < -0.4 is 5.32 Å². The summed E-state index contributed by atoms with van der Waals surface area (Å²) in [7, 11) is 0. The van der Waals surface area contributed by atoms with Crippen LogP contribution in [0.15, 0.2) is 36.4 Å². The second-order valence-electron chi connectivity index (χ2n) is 7.99. The van der Waals surface area contributed by atoms with E-state index in [1.54, 1.807) is 24.3 Å². The van der Waals surface area contributed by atoms with E-state index in [2.05, 4.69) is 18.3 Å². The highest BCUT2D eigenvalue weighted by atomic mass is 16.4. The number of carboxylic acids is 1. The molecule has 31 heavy (non-hydrogen) atoms. The van der Waals surface area contributed by atoms with Crippen LogP contribution in [0.2, 0.25) is 0 Å². The average molecular weight is 425 g/mol. The molecule has 4 unspecified atom stereocenters. The van der Waals surface area contributed by atoms with Gasteiger partial charge in [0.05, 0.1) is 30.1 Å². The molecule has 0 spiro atoms. The summed E-state index contributed by atoms with van der Waals surface area (Å²) < 4.78 is 0. The Hall–Kier alpha value is -3.02. The van der Waals surface area contributed by atoms with Crippen molar-refractivity contribution >= 4 is 17.8 Å². The lowest BCUT2D eigenvalue weighted by molar-refractivity contribution is -0.153. The highest BCUT2D eigenvalue weighted by molar-refractivity contribution is 6.09. The predicted octanol–water partition coefficient (Wildman–Crippen LogP) is 1.76. The van der Waals surface area contributed by atoms with Crippen LogP contribution in [0, 0.1) is 23.2 Å². The first-order chi connectivity index (χ1) is 14.9. The number of rotatable bonds is 9. The maximum absolute atomic E-state index is 13.3. The van der Waals surface area contributed by atoms with Crippen LogP contribution in [0.25, 0.3) is 0 Å². The number of fused-ring (bicyclic) bond motifs is 1. The minimum atomic E-state index is -1.99. The van der Waals surface area contributed by atoms with Crippen molar-refractivity contribution in [2.75, 3.05) is 13.2 Å². The molecule has 2 fully saturated rings. The fourth-order valence-electron chi connectivity index (χ4n) is 4.59. The molecule has 2 heterocycles. The Kier molecular flexibility index (Phi) is 6.88. The van der Waals surface area contributed by atoms with Crippen LogP contribution in [0.3, 0.4) is 0 Å². The molecule has 0 radical (unpaired) electrons. The SMILES string of the molecule is CCCCC=CCCN1C(=O)C2C(c3ccccc3C#N)NC(CO)(C(=O)O)C2C1=O. The first kappa shape index (κ1) is 22.7. The number of allylic oxidation sites excluding steroid dienone is 1. The van der Waals surface area contributed by atoms with E-state index in [1.807, 2.05) is 12.2 Å². The summed E-state index contributed by atoms with van der Waals surface area (Å²) in [5.74, 6) is -4.72. The van der Waals surface area contributed by atoms with Crippen LogP contribution in [0.4, 0.5) is 0 Å². The monoisotopic (exact) mass is 425 g/mol. The van der Waals surface area contributed by atoms with Crippen LogP contribution in [-0.4, -0.2) is 51.6 Å². The Bertz CT molecular complexity index is 937. The third kappa shape index (κ3) is 3.87. The van der Waals surface area contributed by atoms with Gasteiger partial charge in [0, 0.05) is 12.6 Å². The molecule has 2 amide bonds. The molecule has 164 valence electrons. The Labute approximate surface area is 181 Å². The number of carbonyl (C=O) groups excluding carboxylic acids is 2. The molecule has 8 nitrogen and oxygen atoms in total. The number of unbranched alkanes of at least 4 members (excludes halogenated alkanes) is 2. The van der Waals surface area contributed by atoms with E-state index < -0.39 is 47.8 Å². The number of imide groups is 1. The van der Waals surface area contributed by atoms with Gasteiger partial charge < -0.3 is 10.2 Å². The van der Waals surface area contributed by atoms with Crippen molar-refractivity contribution in [3.8, 4) is 6.07 Å². The van der Waals surface area contributed by atoms with Crippen LogP contribution in [0.1, 0.15) is 49.8 Å². The molecule has 4 atom stereocenters. The number of hydrogen-bond acceptors (Lipinski definition) is 6. The van der Waals surface area contributed by atoms with Gasteiger partial charge in [-0.15, -0.1) is 0 Å². The number of hydrogen-bond donors (Lipinski definition) is 3. The highest BCUT2D eigenvalue weighted by Gasteiger charge is 2.68. The Balaban J connectivity index is 1.94. The van der Waals surface area contributed by atoms with Crippen LogP contribution >= 0.6 is 0 Å². The maximum atomic E-state index is 13.3. The van der Waals surface area contributed by atoms with Crippen molar-refractivity contribution < 1.29 is 24.6 Å². The Morgan fingerprint density at radius 2 is 1.97 bits per heavy atom. The van der Waals surface area contributed by atoms with E-state index >= 15 is 0 Å². The zero-order valence-electron chi connectivity index (χ0n) is 17.5. The maximum Gasteiger partial charge on any atom is 0.327 e. The first-order valence-electron chi connectivity index (χ1n) is 10.5. The molecule has 8 heteroatoms. The summed E-state index contributed by atoms with van der Waals surface area (Å²) in [5.41, 5.74) is -1.26. The zero-order chi connectivity index (χ0) is 22.6. The van der Waals surface area contributed by atoms with Gasteiger partial charge in [0.15, 0.2) is 5.54 Å². The topological polar surface area (TPSA) is 131 Å². The normalized spacial score (nSPS) is 27.6. The number of aliphatic carboxylic acids is 1. The predicted molar refractivity (Wildman–Crippen MR) is 111 cm³/mol. The lowest BCUT2D eigenvalue weighted by atomic mass is 9.79. The minimum Gasteiger partial charge on any atom is -0.480 e. The van der Waals surface area contributed by atoms with E-state index in [-0.39, 0.29) is 12.1 Å². The summed E-state index contributed by atoms with van der Waals surface area (Å²) in [6, 6.07) is 7.76. The number of nitriles is 1. The molecule has 2 aliphatic rings. The molecular formula is C23H27N3O5. The summed E-state index contributed by atoms with van der Waals surface area (Å²) in [6.45, 7) is 1.40. The van der Waals surface area contributed by atoms with Crippen molar-refractivity contribution in [2.45, 2.75) is 44.2 Å². The number of aliphatic hydroxyl groups excluding tert-OH is 1. The van der Waals surface area contributed by atoms with Crippen LogP contribution in [0.5, 0.6) is 0 Å². The quantitative estimate of drug-likeness (QED) is 0.312. The Morgan fingerprint density at radius 3 is 2.61 bits per heavy atom. The highest BCUT2D eigenvalue weighted by Crippen LogP contribution is 2.49. The van der Waals surface area contributed by atoms with Crippen molar-refractivity contribution in [3.05, 3.63) is 47.5 Å². The van der Waals surface area contributed by atoms with Gasteiger partial charge in [0.25, 0.3) is 0 Å². The number of nitrogens with one attached hydrogen (secondary N) is 1. The second-order valence-corrected chi connectivity index (χ2v) is 7.99. The summed E-state index contributed by atoms with van der Waals surface area (Å²) >= 11 is 0. The first-order valence-corrected chi connectivity index (χ1v) is 10.5. The molecule has 3 N–H and O–H groups in total. The lowest BCUT2D eigenvalue weighted by Gasteiger charge is -2.29. The van der Waals surface area contributed by atoms with E-state index in [4.69, 9.17) is 0 Å². The lowest BCUT2D eigenvalue weighted by Crippen LogP contribution is -2.58. The molecule has 0 bridgehead atoms. The number of carbonyl (C=O) groups is 3. The van der Waals surface area contributed by atoms with Crippen LogP contribution in [-0.2, 0) is 14.4 Å². The number of benzene rings is 1. The number of carboxylic acid groups (broad SMARTS) is 1. The molecule has 0 aromatic heterocycles. The molecule has 1 aromatic carbocycles. The third-order valence-electron chi connectivity index (χ3n) is 6.20. The summed E-state index contributed by atoms with van der Waals surface area (Å²) in [4.78, 5) is 39.7. The van der Waals surface area contributed by atoms with Gasteiger partial charge in [0.2, 0.25) is 11.8 Å². The Morgan fingerprint density at radius 1 is 1.26 bits per heavy atom. The number of nitrogens with zero attached hydrogens (tertiary/aromatic N) is 2. The molecule has 0 saturated carbocycles. The largest absolute Gasteiger partial charge is 0.480 e. The van der Waals surface area contributed by atoms with Gasteiger partial charge in [-0.05, 0) is 24.5 Å². The fourth-order valence-corrected chi connectivity index (χ4v) is 4.59. The number of aliphatic hydroxyl groups is 1. The van der Waals surface area contributed by atoms with E-state index in [9.17, 15) is 29.9 Å².